The van der Waals surface area contributed by atoms with Crippen molar-refractivity contribution in [1.82, 2.24) is 4.31 Å². The summed E-state index contributed by atoms with van der Waals surface area (Å²) in [6.07, 6.45) is 1.62. The molecule has 1 N–H and O–H groups in total. The van der Waals surface area contributed by atoms with Crippen molar-refractivity contribution in [1.29, 1.82) is 0 Å². The van der Waals surface area contributed by atoms with Crippen LogP contribution in [0, 0.1) is 0 Å². The standard InChI is InChI=1S/C20H23ClN2O6S/c1-27-16-8-6-15(12-18(16)28-2)22-20(24)13-29-17-7-5-14(21)11-19(17)30(25,26)23-9-3-4-10-23/h5-8,11-12H,3-4,9-10,13H2,1-2H3,(H,22,24). The van der Waals surface area contributed by atoms with E-state index in [1.807, 2.05) is 0 Å². The Bertz CT molecular complexity index is 1020. The van der Waals surface area contributed by atoms with Crippen LogP contribution in [-0.4, -0.2) is 52.5 Å². The van der Waals surface area contributed by atoms with E-state index < -0.39 is 15.9 Å². The molecule has 1 aliphatic heterocycles. The molecule has 1 saturated heterocycles. The molecule has 0 unspecified atom stereocenters. The summed E-state index contributed by atoms with van der Waals surface area (Å²) in [6, 6.07) is 9.25. The number of methoxy groups -OCH3 is 2. The van der Waals surface area contributed by atoms with Crippen LogP contribution in [0.5, 0.6) is 17.2 Å². The fourth-order valence-electron chi connectivity index (χ4n) is 3.12. The Kier molecular flexibility index (Phi) is 7.06. The molecule has 0 spiro atoms. The van der Waals surface area contributed by atoms with Crippen molar-refractivity contribution in [2.24, 2.45) is 0 Å². The molecule has 0 saturated carbocycles. The molecule has 0 radical (unpaired) electrons. The van der Waals surface area contributed by atoms with Gasteiger partial charge in [-0.25, -0.2) is 8.42 Å². The Hall–Kier alpha value is -2.49. The van der Waals surface area contributed by atoms with Crippen molar-refractivity contribution in [2.75, 3.05) is 39.2 Å². The molecule has 1 heterocycles. The number of nitrogens with one attached hydrogen (secondary N) is 1. The maximum absolute atomic E-state index is 12.9. The summed E-state index contributed by atoms with van der Waals surface area (Å²) in [7, 11) is -0.740. The van der Waals surface area contributed by atoms with Crippen molar-refractivity contribution in [3.63, 3.8) is 0 Å². The number of ether oxygens (including phenoxy) is 3. The fraction of sp³-hybridized carbons (Fsp3) is 0.350. The van der Waals surface area contributed by atoms with E-state index >= 15 is 0 Å². The van der Waals surface area contributed by atoms with Gasteiger partial charge in [-0.1, -0.05) is 11.6 Å². The summed E-state index contributed by atoms with van der Waals surface area (Å²) < 4.78 is 43.2. The van der Waals surface area contributed by atoms with Gasteiger partial charge < -0.3 is 19.5 Å². The lowest BCUT2D eigenvalue weighted by atomic mass is 10.2. The average molecular weight is 455 g/mol. The quantitative estimate of drug-likeness (QED) is 0.658. The van der Waals surface area contributed by atoms with Crippen LogP contribution in [0.25, 0.3) is 0 Å². The molecule has 8 nitrogen and oxygen atoms in total. The van der Waals surface area contributed by atoms with Crippen LogP contribution >= 0.6 is 11.6 Å². The van der Waals surface area contributed by atoms with Gasteiger partial charge in [0, 0.05) is 29.9 Å². The van der Waals surface area contributed by atoms with Crippen LogP contribution in [0.2, 0.25) is 5.02 Å². The van der Waals surface area contributed by atoms with E-state index in [2.05, 4.69) is 5.32 Å². The van der Waals surface area contributed by atoms with Gasteiger partial charge in [0.25, 0.3) is 5.91 Å². The minimum Gasteiger partial charge on any atom is -0.493 e. The highest BCUT2D eigenvalue weighted by molar-refractivity contribution is 7.89. The van der Waals surface area contributed by atoms with Gasteiger partial charge in [0.15, 0.2) is 18.1 Å². The number of amides is 1. The second-order valence-electron chi connectivity index (χ2n) is 6.61. The molecule has 30 heavy (non-hydrogen) atoms. The van der Waals surface area contributed by atoms with Gasteiger partial charge in [0.1, 0.15) is 10.6 Å². The Morgan fingerprint density at radius 1 is 1.03 bits per heavy atom. The van der Waals surface area contributed by atoms with E-state index in [1.54, 1.807) is 18.2 Å². The molecular formula is C20H23ClN2O6S. The van der Waals surface area contributed by atoms with Gasteiger partial charge >= 0.3 is 0 Å². The Morgan fingerprint density at radius 3 is 2.37 bits per heavy atom. The van der Waals surface area contributed by atoms with E-state index in [9.17, 15) is 13.2 Å². The third kappa shape index (κ3) is 4.97. The van der Waals surface area contributed by atoms with Gasteiger partial charge in [-0.2, -0.15) is 4.31 Å². The average Bonchev–Trinajstić information content (AvgIpc) is 3.28. The number of halogens is 1. The number of rotatable bonds is 8. The molecule has 2 aromatic carbocycles. The first-order chi connectivity index (χ1) is 14.3. The minimum atomic E-state index is -3.75. The zero-order valence-electron chi connectivity index (χ0n) is 16.7. The molecule has 10 heteroatoms. The van der Waals surface area contributed by atoms with E-state index in [0.717, 1.165) is 12.8 Å². The molecule has 0 aliphatic carbocycles. The minimum absolute atomic E-state index is 0.0455. The zero-order chi connectivity index (χ0) is 21.7. The number of nitrogens with zero attached hydrogens (tertiary/aromatic N) is 1. The summed E-state index contributed by atoms with van der Waals surface area (Å²) in [5, 5.41) is 2.95. The lowest BCUT2D eigenvalue weighted by Gasteiger charge is -2.18. The van der Waals surface area contributed by atoms with E-state index in [0.29, 0.717) is 30.3 Å². The molecular weight excluding hydrogens is 432 g/mol. The van der Waals surface area contributed by atoms with Crippen molar-refractivity contribution in [3.05, 3.63) is 41.4 Å². The summed E-state index contributed by atoms with van der Waals surface area (Å²) in [5.41, 5.74) is 0.488. The Labute approximate surface area is 180 Å². The highest BCUT2D eigenvalue weighted by Crippen LogP contribution is 2.32. The maximum atomic E-state index is 12.9. The van der Waals surface area contributed by atoms with Crippen LogP contribution in [0.1, 0.15) is 12.8 Å². The van der Waals surface area contributed by atoms with Crippen LogP contribution in [0.3, 0.4) is 0 Å². The van der Waals surface area contributed by atoms with Gasteiger partial charge in [-0.15, -0.1) is 0 Å². The molecule has 3 rings (SSSR count). The molecule has 0 atom stereocenters. The van der Waals surface area contributed by atoms with E-state index in [1.165, 1.54) is 36.7 Å². The number of hydrogen-bond acceptors (Lipinski definition) is 6. The first kappa shape index (κ1) is 22.2. The van der Waals surface area contributed by atoms with Gasteiger partial charge in [0.05, 0.1) is 14.2 Å². The molecule has 2 aromatic rings. The monoisotopic (exact) mass is 454 g/mol. The summed E-state index contributed by atoms with van der Waals surface area (Å²) in [4.78, 5) is 12.3. The number of anilines is 1. The van der Waals surface area contributed by atoms with E-state index in [-0.39, 0.29) is 22.3 Å². The topological polar surface area (TPSA) is 94.2 Å². The Morgan fingerprint density at radius 2 is 1.70 bits per heavy atom. The molecule has 0 aromatic heterocycles. The van der Waals surface area contributed by atoms with Crippen molar-refractivity contribution in [3.8, 4) is 17.2 Å². The second kappa shape index (κ2) is 9.55. The van der Waals surface area contributed by atoms with Crippen molar-refractivity contribution in [2.45, 2.75) is 17.7 Å². The van der Waals surface area contributed by atoms with Crippen molar-refractivity contribution < 1.29 is 27.4 Å². The first-order valence-electron chi connectivity index (χ1n) is 9.29. The van der Waals surface area contributed by atoms with E-state index in [4.69, 9.17) is 25.8 Å². The van der Waals surface area contributed by atoms with Gasteiger partial charge in [-0.05, 0) is 43.2 Å². The Balaban J connectivity index is 1.72. The van der Waals surface area contributed by atoms with Gasteiger partial charge in [-0.3, -0.25) is 4.79 Å². The summed E-state index contributed by atoms with van der Waals surface area (Å²) >= 11 is 6.01. The normalized spacial score (nSPS) is 14.4. The predicted octanol–water partition coefficient (Wildman–Crippen LogP) is 3.16. The summed E-state index contributed by atoms with van der Waals surface area (Å²) in [5.74, 6) is 0.619. The highest BCUT2D eigenvalue weighted by Gasteiger charge is 2.30. The predicted molar refractivity (Wildman–Crippen MR) is 113 cm³/mol. The summed E-state index contributed by atoms with van der Waals surface area (Å²) in [6.45, 7) is 0.528. The first-order valence-corrected chi connectivity index (χ1v) is 11.1. The maximum Gasteiger partial charge on any atom is 0.262 e. The largest absolute Gasteiger partial charge is 0.493 e. The zero-order valence-corrected chi connectivity index (χ0v) is 18.3. The SMILES string of the molecule is COc1ccc(NC(=O)COc2ccc(Cl)cc2S(=O)(=O)N2CCCC2)cc1OC. The number of hydrogen-bond donors (Lipinski definition) is 1. The second-order valence-corrected chi connectivity index (χ2v) is 8.95. The third-order valence-corrected chi connectivity index (χ3v) is 6.77. The van der Waals surface area contributed by atoms with Crippen LogP contribution < -0.4 is 19.5 Å². The molecule has 162 valence electrons. The van der Waals surface area contributed by atoms with Gasteiger partial charge in [0.2, 0.25) is 10.0 Å². The smallest absolute Gasteiger partial charge is 0.262 e. The number of sulfonamides is 1. The fourth-order valence-corrected chi connectivity index (χ4v) is 5.04. The number of carbonyl (C=O) groups is 1. The third-order valence-electron chi connectivity index (χ3n) is 4.61. The van der Waals surface area contributed by atoms with Crippen LogP contribution in [-0.2, 0) is 14.8 Å². The van der Waals surface area contributed by atoms with Crippen LogP contribution in [0.15, 0.2) is 41.3 Å². The molecule has 1 fully saturated rings. The lowest BCUT2D eigenvalue weighted by molar-refractivity contribution is -0.118. The van der Waals surface area contributed by atoms with Crippen LogP contribution in [0.4, 0.5) is 5.69 Å². The molecule has 1 aliphatic rings. The van der Waals surface area contributed by atoms with Crippen molar-refractivity contribution >= 4 is 33.2 Å². The number of carbonyl (C=O) groups excluding carboxylic acids is 1. The molecule has 0 bridgehead atoms. The highest BCUT2D eigenvalue weighted by atomic mass is 35.5. The molecule has 1 amide bonds. The lowest BCUT2D eigenvalue weighted by Crippen LogP contribution is -2.28. The number of benzene rings is 2.